The van der Waals surface area contributed by atoms with Gasteiger partial charge in [0.25, 0.3) is 0 Å². The third kappa shape index (κ3) is 4.60. The summed E-state index contributed by atoms with van der Waals surface area (Å²) in [5.74, 6) is -0.343. The van der Waals surface area contributed by atoms with E-state index in [1.165, 1.54) is 6.07 Å². The van der Waals surface area contributed by atoms with Gasteiger partial charge >= 0.3 is 12.3 Å². The molecular formula is C25H24F2N2O4. The standard InChI is InChI=1S/C25H24F2N2O4/c1-14-5-7-16(11-18(14)23(30)31)22-15(2)6-10-21(29-22)28-13-24(3,4)17-8-9-19-20(12-17)33-25(26,27)32-19/h5-12H,13H2,1-4H3,(H,28,29)(H,30,31). The molecule has 2 N–H and O–H groups in total. The summed E-state index contributed by atoms with van der Waals surface area (Å²) >= 11 is 0. The molecule has 2 heterocycles. The van der Waals surface area contributed by atoms with E-state index < -0.39 is 17.7 Å². The Morgan fingerprint density at radius 2 is 1.73 bits per heavy atom. The van der Waals surface area contributed by atoms with E-state index in [2.05, 4.69) is 14.8 Å². The van der Waals surface area contributed by atoms with Gasteiger partial charge in [0.2, 0.25) is 0 Å². The summed E-state index contributed by atoms with van der Waals surface area (Å²) in [5, 5.41) is 12.7. The molecule has 3 aromatic rings. The van der Waals surface area contributed by atoms with E-state index in [4.69, 9.17) is 4.98 Å². The molecule has 0 saturated carbocycles. The number of fused-ring (bicyclic) bond motifs is 1. The third-order valence-electron chi connectivity index (χ3n) is 5.73. The van der Waals surface area contributed by atoms with E-state index in [0.717, 1.165) is 16.7 Å². The normalized spacial score (nSPS) is 14.2. The average molecular weight is 454 g/mol. The van der Waals surface area contributed by atoms with E-state index in [-0.39, 0.29) is 17.1 Å². The Morgan fingerprint density at radius 3 is 2.45 bits per heavy atom. The van der Waals surface area contributed by atoms with E-state index >= 15 is 0 Å². The summed E-state index contributed by atoms with van der Waals surface area (Å²) in [6.45, 7) is 8.09. The molecule has 0 bridgehead atoms. The molecule has 1 aliphatic rings. The molecule has 0 saturated heterocycles. The minimum atomic E-state index is -3.65. The van der Waals surface area contributed by atoms with Crippen molar-refractivity contribution in [3.63, 3.8) is 0 Å². The average Bonchev–Trinajstić information content (AvgIpc) is 3.06. The van der Waals surface area contributed by atoms with Gasteiger partial charge < -0.3 is 19.9 Å². The molecular weight excluding hydrogens is 430 g/mol. The van der Waals surface area contributed by atoms with Gasteiger partial charge in [-0.25, -0.2) is 9.78 Å². The molecule has 33 heavy (non-hydrogen) atoms. The van der Waals surface area contributed by atoms with Crippen LogP contribution in [0.4, 0.5) is 14.6 Å². The Balaban J connectivity index is 1.55. The molecule has 2 aromatic carbocycles. The minimum absolute atomic E-state index is 0.00919. The lowest BCUT2D eigenvalue weighted by molar-refractivity contribution is -0.286. The van der Waals surface area contributed by atoms with Gasteiger partial charge in [0, 0.05) is 17.5 Å². The van der Waals surface area contributed by atoms with E-state index in [9.17, 15) is 18.7 Å². The number of nitrogens with one attached hydrogen (secondary N) is 1. The lowest BCUT2D eigenvalue weighted by Crippen LogP contribution is -2.28. The van der Waals surface area contributed by atoms with Crippen LogP contribution in [0.2, 0.25) is 0 Å². The number of aryl methyl sites for hydroxylation is 2. The number of nitrogens with zero attached hydrogens (tertiary/aromatic N) is 1. The first-order valence-electron chi connectivity index (χ1n) is 10.4. The van der Waals surface area contributed by atoms with Crippen LogP contribution in [0.25, 0.3) is 11.3 Å². The second kappa shape index (κ2) is 8.03. The van der Waals surface area contributed by atoms with Gasteiger partial charge in [0.05, 0.1) is 11.3 Å². The van der Waals surface area contributed by atoms with E-state index in [0.29, 0.717) is 23.6 Å². The van der Waals surface area contributed by atoms with Crippen molar-refractivity contribution in [1.82, 2.24) is 4.98 Å². The van der Waals surface area contributed by atoms with Crippen molar-refractivity contribution in [3.8, 4) is 22.8 Å². The number of alkyl halides is 2. The SMILES string of the molecule is Cc1ccc(-c2nc(NCC(C)(C)c3ccc4c(c3)OC(F)(F)O4)ccc2C)cc1C(=O)O. The number of benzene rings is 2. The van der Waals surface area contributed by atoms with Gasteiger partial charge in [-0.15, -0.1) is 8.78 Å². The third-order valence-corrected chi connectivity index (χ3v) is 5.73. The van der Waals surface area contributed by atoms with Crippen molar-refractivity contribution >= 4 is 11.8 Å². The second-order valence-electron chi connectivity index (χ2n) is 8.76. The zero-order valence-electron chi connectivity index (χ0n) is 18.7. The van der Waals surface area contributed by atoms with E-state index in [1.54, 1.807) is 31.2 Å². The maximum absolute atomic E-state index is 13.3. The summed E-state index contributed by atoms with van der Waals surface area (Å²) in [6, 6.07) is 13.8. The summed E-state index contributed by atoms with van der Waals surface area (Å²) < 4.78 is 35.7. The molecule has 4 rings (SSSR count). The Kier molecular flexibility index (Phi) is 5.47. The molecule has 172 valence electrons. The number of anilines is 1. The fraction of sp³-hybridized carbons (Fsp3) is 0.280. The molecule has 0 aliphatic carbocycles. The maximum Gasteiger partial charge on any atom is 0.586 e. The largest absolute Gasteiger partial charge is 0.586 e. The molecule has 1 aliphatic heterocycles. The molecule has 0 radical (unpaired) electrons. The topological polar surface area (TPSA) is 80.7 Å². The van der Waals surface area contributed by atoms with Crippen LogP contribution in [0.1, 0.15) is 40.9 Å². The summed E-state index contributed by atoms with van der Waals surface area (Å²) in [7, 11) is 0. The van der Waals surface area contributed by atoms with Crippen molar-refractivity contribution in [2.24, 2.45) is 0 Å². The highest BCUT2D eigenvalue weighted by molar-refractivity contribution is 5.91. The van der Waals surface area contributed by atoms with Crippen molar-refractivity contribution in [2.45, 2.75) is 39.4 Å². The lowest BCUT2D eigenvalue weighted by atomic mass is 9.84. The molecule has 0 unspecified atom stereocenters. The van der Waals surface area contributed by atoms with Crippen molar-refractivity contribution in [2.75, 3.05) is 11.9 Å². The number of hydrogen-bond acceptors (Lipinski definition) is 5. The van der Waals surface area contributed by atoms with Gasteiger partial charge in [0.15, 0.2) is 11.5 Å². The Morgan fingerprint density at radius 1 is 1.03 bits per heavy atom. The van der Waals surface area contributed by atoms with Crippen LogP contribution in [0.15, 0.2) is 48.5 Å². The fourth-order valence-electron chi connectivity index (χ4n) is 3.70. The number of carbonyl (C=O) groups is 1. The molecule has 0 amide bonds. The number of pyridine rings is 1. The van der Waals surface area contributed by atoms with Gasteiger partial charge in [-0.2, -0.15) is 0 Å². The first-order valence-corrected chi connectivity index (χ1v) is 10.4. The summed E-state index contributed by atoms with van der Waals surface area (Å²) in [4.78, 5) is 16.2. The second-order valence-corrected chi connectivity index (χ2v) is 8.76. The van der Waals surface area contributed by atoms with Gasteiger partial charge in [-0.05, 0) is 54.8 Å². The smallest absolute Gasteiger partial charge is 0.478 e. The number of carboxylic acid groups (broad SMARTS) is 1. The maximum atomic E-state index is 13.3. The van der Waals surface area contributed by atoms with Gasteiger partial charge in [-0.3, -0.25) is 0 Å². The minimum Gasteiger partial charge on any atom is -0.478 e. The quantitative estimate of drug-likeness (QED) is 0.492. The Labute approximate surface area is 190 Å². The van der Waals surface area contributed by atoms with Crippen molar-refractivity contribution in [3.05, 3.63) is 70.8 Å². The molecule has 0 atom stereocenters. The van der Waals surface area contributed by atoms with Crippen LogP contribution < -0.4 is 14.8 Å². The number of ether oxygens (including phenoxy) is 2. The van der Waals surface area contributed by atoms with Crippen LogP contribution in [0.5, 0.6) is 11.5 Å². The highest BCUT2D eigenvalue weighted by Gasteiger charge is 2.43. The molecule has 0 spiro atoms. The molecule has 0 fully saturated rings. The highest BCUT2D eigenvalue weighted by atomic mass is 19.3. The first-order chi connectivity index (χ1) is 15.4. The van der Waals surface area contributed by atoms with Crippen LogP contribution in [-0.4, -0.2) is 28.9 Å². The van der Waals surface area contributed by atoms with E-state index in [1.807, 2.05) is 39.0 Å². The van der Waals surface area contributed by atoms with Crippen LogP contribution in [0.3, 0.4) is 0 Å². The zero-order chi connectivity index (χ0) is 24.0. The number of halogens is 2. The molecule has 8 heteroatoms. The number of rotatable bonds is 6. The summed E-state index contributed by atoms with van der Waals surface area (Å²) in [5.41, 5.74) is 3.59. The van der Waals surface area contributed by atoms with Crippen molar-refractivity contribution < 1.29 is 28.2 Å². The zero-order valence-corrected chi connectivity index (χ0v) is 18.7. The fourth-order valence-corrected chi connectivity index (χ4v) is 3.70. The number of carboxylic acids is 1. The highest BCUT2D eigenvalue weighted by Crippen LogP contribution is 2.43. The lowest BCUT2D eigenvalue weighted by Gasteiger charge is -2.26. The Bertz CT molecular complexity index is 1240. The van der Waals surface area contributed by atoms with Crippen LogP contribution in [0, 0.1) is 13.8 Å². The first kappa shape index (κ1) is 22.5. The Hall–Kier alpha value is -3.68. The monoisotopic (exact) mass is 454 g/mol. The number of aromatic nitrogens is 1. The predicted molar refractivity (Wildman–Crippen MR) is 120 cm³/mol. The molecule has 6 nitrogen and oxygen atoms in total. The van der Waals surface area contributed by atoms with Crippen LogP contribution in [-0.2, 0) is 5.41 Å². The van der Waals surface area contributed by atoms with Crippen molar-refractivity contribution in [1.29, 1.82) is 0 Å². The number of hydrogen-bond donors (Lipinski definition) is 2. The number of aromatic carboxylic acids is 1. The van der Waals surface area contributed by atoms with Crippen LogP contribution >= 0.6 is 0 Å². The summed E-state index contributed by atoms with van der Waals surface area (Å²) in [6.07, 6.45) is -3.65. The predicted octanol–water partition coefficient (Wildman–Crippen LogP) is 5.77. The molecule has 1 aromatic heterocycles. The van der Waals surface area contributed by atoms with Gasteiger partial charge in [0.1, 0.15) is 5.82 Å². The van der Waals surface area contributed by atoms with Gasteiger partial charge in [-0.1, -0.05) is 38.1 Å².